The third-order valence-electron chi connectivity index (χ3n) is 4.98. The number of carbonyl (C=O) groups is 1. The van der Waals surface area contributed by atoms with Crippen molar-refractivity contribution < 1.29 is 4.79 Å². The van der Waals surface area contributed by atoms with E-state index < -0.39 is 0 Å². The number of halogens is 1. The summed E-state index contributed by atoms with van der Waals surface area (Å²) in [6.45, 7) is 3.24. The van der Waals surface area contributed by atoms with Gasteiger partial charge in [0.2, 0.25) is 0 Å². The van der Waals surface area contributed by atoms with Crippen LogP contribution in [0.2, 0.25) is 5.02 Å². The normalized spacial score (nSPS) is 13.8. The Bertz CT molecular complexity index is 994. The van der Waals surface area contributed by atoms with Gasteiger partial charge in [-0.05, 0) is 38.0 Å². The maximum atomic E-state index is 12.6. The molecule has 0 saturated carbocycles. The zero-order chi connectivity index (χ0) is 19.5. The van der Waals surface area contributed by atoms with Gasteiger partial charge in [0.15, 0.2) is 5.69 Å². The van der Waals surface area contributed by atoms with E-state index in [4.69, 9.17) is 11.6 Å². The first-order valence-corrected chi connectivity index (χ1v) is 9.88. The lowest BCUT2D eigenvalue weighted by Crippen LogP contribution is -2.27. The van der Waals surface area contributed by atoms with Crippen LogP contribution >= 0.6 is 11.6 Å². The van der Waals surface area contributed by atoms with Gasteiger partial charge in [-0.25, -0.2) is 4.68 Å². The topological polar surface area (TPSA) is 90.5 Å². The molecule has 9 heteroatoms. The summed E-state index contributed by atoms with van der Waals surface area (Å²) in [5.41, 5.74) is 1.74. The minimum absolute atomic E-state index is 0.249. The molecule has 3 heterocycles. The lowest BCUT2D eigenvalue weighted by molar-refractivity contribution is 0.0948. The van der Waals surface area contributed by atoms with Crippen LogP contribution in [0.5, 0.6) is 0 Å². The number of nitrogens with zero attached hydrogens (tertiary/aromatic N) is 6. The van der Waals surface area contributed by atoms with Crippen LogP contribution in [0.3, 0.4) is 0 Å². The molecule has 0 aliphatic carbocycles. The summed E-state index contributed by atoms with van der Waals surface area (Å²) in [7, 11) is 0. The average Bonchev–Trinajstić information content (AvgIpc) is 3.16. The zero-order valence-corrected chi connectivity index (χ0v) is 16.5. The van der Waals surface area contributed by atoms with E-state index in [0.29, 0.717) is 29.4 Å². The molecule has 146 valence electrons. The number of rotatable bonds is 5. The second-order valence-electron chi connectivity index (χ2n) is 6.92. The van der Waals surface area contributed by atoms with Gasteiger partial charge in [-0.1, -0.05) is 29.3 Å². The summed E-state index contributed by atoms with van der Waals surface area (Å²) in [5.74, 6) is 1.73. The third kappa shape index (κ3) is 3.77. The Kier molecular flexibility index (Phi) is 5.38. The molecule has 0 atom stereocenters. The molecule has 1 aliphatic heterocycles. The fourth-order valence-electron chi connectivity index (χ4n) is 3.49. The summed E-state index contributed by atoms with van der Waals surface area (Å²) >= 11 is 6.04. The van der Waals surface area contributed by atoms with Crippen LogP contribution in [0, 0.1) is 6.92 Å². The van der Waals surface area contributed by atoms with Crippen molar-refractivity contribution in [2.75, 3.05) is 6.54 Å². The largest absolute Gasteiger partial charge is 0.350 e. The van der Waals surface area contributed by atoms with Crippen LogP contribution in [-0.2, 0) is 19.4 Å². The number of amides is 1. The van der Waals surface area contributed by atoms with Crippen molar-refractivity contribution in [1.82, 2.24) is 35.1 Å². The Hall–Kier alpha value is -2.74. The monoisotopic (exact) mass is 399 g/mol. The quantitative estimate of drug-likeness (QED) is 0.711. The second-order valence-corrected chi connectivity index (χ2v) is 7.35. The second kappa shape index (κ2) is 8.10. The first-order chi connectivity index (χ1) is 13.6. The van der Waals surface area contributed by atoms with Crippen LogP contribution in [0.25, 0.3) is 5.69 Å². The van der Waals surface area contributed by atoms with Gasteiger partial charge >= 0.3 is 0 Å². The van der Waals surface area contributed by atoms with E-state index in [1.165, 1.54) is 6.42 Å². The van der Waals surface area contributed by atoms with Crippen molar-refractivity contribution in [3.05, 3.63) is 52.3 Å². The van der Waals surface area contributed by atoms with Crippen LogP contribution < -0.4 is 5.32 Å². The van der Waals surface area contributed by atoms with E-state index in [9.17, 15) is 4.79 Å². The summed E-state index contributed by atoms with van der Waals surface area (Å²) in [4.78, 5) is 12.6. The van der Waals surface area contributed by atoms with Gasteiger partial charge in [-0.2, -0.15) is 0 Å². The molecule has 0 saturated heterocycles. The fraction of sp³-hybridized carbons (Fsp3) is 0.421. The van der Waals surface area contributed by atoms with Gasteiger partial charge < -0.3 is 9.88 Å². The van der Waals surface area contributed by atoms with Gasteiger partial charge in [0, 0.05) is 31.0 Å². The molecule has 1 aromatic carbocycles. The molecule has 2 aromatic heterocycles. The third-order valence-corrected chi connectivity index (χ3v) is 5.22. The zero-order valence-electron chi connectivity index (χ0n) is 15.7. The first-order valence-electron chi connectivity index (χ1n) is 9.51. The van der Waals surface area contributed by atoms with E-state index in [2.05, 4.69) is 30.4 Å². The molecule has 0 bridgehead atoms. The van der Waals surface area contributed by atoms with E-state index in [1.54, 1.807) is 16.8 Å². The SMILES string of the molecule is Cc1c(C(=O)NCCc2nnc3n2CCCCC3)nnn1-c1cccc(Cl)c1. The van der Waals surface area contributed by atoms with Gasteiger partial charge in [0.1, 0.15) is 11.6 Å². The number of hydrogen-bond acceptors (Lipinski definition) is 5. The number of aromatic nitrogens is 6. The van der Waals surface area contributed by atoms with E-state index in [-0.39, 0.29) is 5.91 Å². The summed E-state index contributed by atoms with van der Waals surface area (Å²) < 4.78 is 3.80. The van der Waals surface area contributed by atoms with Crippen LogP contribution in [-0.4, -0.2) is 42.2 Å². The molecular weight excluding hydrogens is 378 g/mol. The van der Waals surface area contributed by atoms with Crippen LogP contribution in [0.4, 0.5) is 0 Å². The highest BCUT2D eigenvalue weighted by Crippen LogP contribution is 2.17. The van der Waals surface area contributed by atoms with Crippen molar-refractivity contribution in [2.45, 2.75) is 45.6 Å². The smallest absolute Gasteiger partial charge is 0.273 e. The number of carbonyl (C=O) groups excluding carboxylic acids is 1. The number of aryl methyl sites for hydroxylation is 1. The summed E-state index contributed by atoms with van der Waals surface area (Å²) in [6, 6.07) is 7.27. The lowest BCUT2D eigenvalue weighted by atomic mass is 10.2. The highest BCUT2D eigenvalue weighted by molar-refractivity contribution is 6.30. The fourth-order valence-corrected chi connectivity index (χ4v) is 3.68. The maximum absolute atomic E-state index is 12.6. The van der Waals surface area contributed by atoms with Gasteiger partial charge in [-0.3, -0.25) is 4.79 Å². The highest BCUT2D eigenvalue weighted by Gasteiger charge is 2.18. The number of nitrogens with one attached hydrogen (secondary N) is 1. The van der Waals surface area contributed by atoms with Crippen molar-refractivity contribution in [1.29, 1.82) is 0 Å². The van der Waals surface area contributed by atoms with E-state index in [1.807, 2.05) is 19.1 Å². The number of fused-ring (bicyclic) bond motifs is 1. The minimum Gasteiger partial charge on any atom is -0.350 e. The van der Waals surface area contributed by atoms with E-state index in [0.717, 1.165) is 43.1 Å². The average molecular weight is 400 g/mol. The molecule has 0 radical (unpaired) electrons. The molecule has 0 unspecified atom stereocenters. The summed E-state index contributed by atoms with van der Waals surface area (Å²) in [6.07, 6.45) is 5.15. The van der Waals surface area contributed by atoms with Crippen LogP contribution in [0.15, 0.2) is 24.3 Å². The molecule has 4 rings (SSSR count). The lowest BCUT2D eigenvalue weighted by Gasteiger charge is -2.08. The molecule has 8 nitrogen and oxygen atoms in total. The number of hydrogen-bond donors (Lipinski definition) is 1. The molecular formula is C19H22ClN7O. The Morgan fingerprint density at radius 3 is 2.96 bits per heavy atom. The van der Waals surface area contributed by atoms with Crippen LogP contribution in [0.1, 0.15) is 47.1 Å². The Morgan fingerprint density at radius 2 is 2.11 bits per heavy atom. The number of benzene rings is 1. The van der Waals surface area contributed by atoms with Gasteiger partial charge in [0.05, 0.1) is 11.4 Å². The summed E-state index contributed by atoms with van der Waals surface area (Å²) in [5, 5.41) is 20.2. The Balaban J connectivity index is 1.40. The van der Waals surface area contributed by atoms with Crippen molar-refractivity contribution in [2.24, 2.45) is 0 Å². The van der Waals surface area contributed by atoms with Crippen molar-refractivity contribution in [3.63, 3.8) is 0 Å². The molecule has 1 amide bonds. The van der Waals surface area contributed by atoms with E-state index >= 15 is 0 Å². The molecule has 1 N–H and O–H groups in total. The maximum Gasteiger partial charge on any atom is 0.273 e. The van der Waals surface area contributed by atoms with Gasteiger partial charge in [-0.15, -0.1) is 15.3 Å². The Morgan fingerprint density at radius 1 is 1.21 bits per heavy atom. The highest BCUT2D eigenvalue weighted by atomic mass is 35.5. The van der Waals surface area contributed by atoms with Gasteiger partial charge in [0.25, 0.3) is 5.91 Å². The minimum atomic E-state index is -0.249. The molecule has 0 spiro atoms. The van der Waals surface area contributed by atoms with Crippen molar-refractivity contribution >= 4 is 17.5 Å². The predicted octanol–water partition coefficient (Wildman–Crippen LogP) is 2.52. The standard InChI is InChI=1S/C19H22ClN7O/c1-13-18(24-25-27(13)15-7-5-6-14(20)12-15)19(28)21-10-9-17-23-22-16-8-3-2-4-11-26(16)17/h5-7,12H,2-4,8-11H2,1H3,(H,21,28). The predicted molar refractivity (Wildman–Crippen MR) is 105 cm³/mol. The molecule has 3 aromatic rings. The molecule has 1 aliphatic rings. The molecule has 0 fully saturated rings. The van der Waals surface area contributed by atoms with Crippen molar-refractivity contribution in [3.8, 4) is 5.69 Å². The Labute approximate surface area is 167 Å². The molecule has 28 heavy (non-hydrogen) atoms. The first kappa shape index (κ1) is 18.6.